The molecule has 1 aromatic rings. The second-order valence-electron chi connectivity index (χ2n) is 4.19. The normalized spacial score (nSPS) is 11.7. The molecule has 0 aliphatic carbocycles. The number of methoxy groups -OCH3 is 1. The summed E-state index contributed by atoms with van der Waals surface area (Å²) in [6, 6.07) is 7.01. The summed E-state index contributed by atoms with van der Waals surface area (Å²) in [5.41, 5.74) is 0.641. The smallest absolute Gasteiger partial charge is 0.303 e. The third kappa shape index (κ3) is 4.86. The molecule has 0 fully saturated rings. The second-order valence-corrected chi connectivity index (χ2v) is 4.19. The first-order valence-electron chi connectivity index (χ1n) is 5.67. The molecule has 0 radical (unpaired) electrons. The lowest BCUT2D eigenvalue weighted by molar-refractivity contribution is -0.138. The number of hydrogen-bond acceptors (Lipinski definition) is 3. The molecule has 0 saturated carbocycles. The highest BCUT2D eigenvalue weighted by atomic mass is 16.5. The van der Waals surface area contributed by atoms with Crippen LogP contribution in [0.3, 0.4) is 0 Å². The Balaban J connectivity index is 2.51. The van der Waals surface area contributed by atoms with Gasteiger partial charge >= 0.3 is 5.97 Å². The molecule has 2 N–H and O–H groups in total. The molecule has 0 bridgehead atoms. The minimum Gasteiger partial charge on any atom is -0.497 e. The molecule has 1 atom stereocenters. The highest BCUT2D eigenvalue weighted by Crippen LogP contribution is 2.17. The van der Waals surface area contributed by atoms with Gasteiger partial charge in [-0.05, 0) is 18.1 Å². The van der Waals surface area contributed by atoms with Gasteiger partial charge in [-0.2, -0.15) is 0 Å². The number of benzene rings is 1. The molecule has 0 heterocycles. The first kappa shape index (κ1) is 14.0. The molecule has 1 aromatic carbocycles. The van der Waals surface area contributed by atoms with Gasteiger partial charge in [-0.15, -0.1) is 0 Å². The number of anilines is 1. The number of aliphatic carboxylic acids is 1. The molecule has 5 nitrogen and oxygen atoms in total. The van der Waals surface area contributed by atoms with Crippen molar-refractivity contribution in [3.8, 4) is 5.75 Å². The average Bonchev–Trinajstić information content (AvgIpc) is 2.27. The molecular weight excluding hydrogens is 234 g/mol. The number of nitrogens with one attached hydrogen (secondary N) is 1. The van der Waals surface area contributed by atoms with E-state index in [1.807, 2.05) is 0 Å². The first-order valence-corrected chi connectivity index (χ1v) is 5.67. The van der Waals surface area contributed by atoms with Crippen molar-refractivity contribution in [2.45, 2.75) is 19.8 Å². The van der Waals surface area contributed by atoms with Crippen LogP contribution in [-0.2, 0) is 9.59 Å². The van der Waals surface area contributed by atoms with Crippen molar-refractivity contribution < 1.29 is 19.4 Å². The summed E-state index contributed by atoms with van der Waals surface area (Å²) in [6.07, 6.45) is 0.176. The van der Waals surface area contributed by atoms with Crippen LogP contribution >= 0.6 is 0 Å². The van der Waals surface area contributed by atoms with E-state index in [-0.39, 0.29) is 24.7 Å². The van der Waals surface area contributed by atoms with E-state index in [1.54, 1.807) is 38.3 Å². The van der Waals surface area contributed by atoms with Crippen LogP contribution in [0.15, 0.2) is 24.3 Å². The van der Waals surface area contributed by atoms with Crippen molar-refractivity contribution >= 4 is 17.6 Å². The average molecular weight is 251 g/mol. The van der Waals surface area contributed by atoms with E-state index in [0.717, 1.165) is 0 Å². The molecule has 0 aliphatic heterocycles. The number of rotatable bonds is 6. The number of ether oxygens (including phenoxy) is 1. The van der Waals surface area contributed by atoms with Crippen molar-refractivity contribution in [2.75, 3.05) is 12.4 Å². The lowest BCUT2D eigenvalue weighted by atomic mass is 10.0. The van der Waals surface area contributed by atoms with Crippen LogP contribution in [0.25, 0.3) is 0 Å². The molecule has 0 aliphatic rings. The summed E-state index contributed by atoms with van der Waals surface area (Å²) in [7, 11) is 1.55. The summed E-state index contributed by atoms with van der Waals surface area (Å²) < 4.78 is 5.04. The molecule has 1 unspecified atom stereocenters. The standard InChI is InChI=1S/C13H17NO4/c1-9(7-13(16)17)6-12(15)14-10-4-3-5-11(8-10)18-2/h3-5,8-9H,6-7H2,1-2H3,(H,14,15)(H,16,17). The third-order valence-electron chi connectivity index (χ3n) is 2.41. The first-order chi connectivity index (χ1) is 8.51. The van der Waals surface area contributed by atoms with Gasteiger partial charge in [0.05, 0.1) is 7.11 Å². The third-order valence-corrected chi connectivity index (χ3v) is 2.41. The summed E-state index contributed by atoms with van der Waals surface area (Å²) in [4.78, 5) is 22.1. The fraction of sp³-hybridized carbons (Fsp3) is 0.385. The maximum atomic E-state index is 11.7. The molecule has 1 rings (SSSR count). The predicted octanol–water partition coefficient (Wildman–Crippen LogP) is 2.13. The van der Waals surface area contributed by atoms with Crippen molar-refractivity contribution in [2.24, 2.45) is 5.92 Å². The monoisotopic (exact) mass is 251 g/mol. The van der Waals surface area contributed by atoms with Gasteiger partial charge in [0.2, 0.25) is 5.91 Å². The topological polar surface area (TPSA) is 75.6 Å². The van der Waals surface area contributed by atoms with Gasteiger partial charge in [-0.25, -0.2) is 0 Å². The van der Waals surface area contributed by atoms with Crippen LogP contribution in [0.4, 0.5) is 5.69 Å². The molecule has 18 heavy (non-hydrogen) atoms. The van der Waals surface area contributed by atoms with Crippen molar-refractivity contribution in [3.05, 3.63) is 24.3 Å². The Bertz CT molecular complexity index is 431. The van der Waals surface area contributed by atoms with E-state index < -0.39 is 5.97 Å². The van der Waals surface area contributed by atoms with E-state index in [1.165, 1.54) is 0 Å². The number of hydrogen-bond donors (Lipinski definition) is 2. The predicted molar refractivity (Wildman–Crippen MR) is 67.7 cm³/mol. The molecular formula is C13H17NO4. The van der Waals surface area contributed by atoms with E-state index >= 15 is 0 Å². The van der Waals surface area contributed by atoms with Crippen LogP contribution in [0.5, 0.6) is 5.75 Å². The van der Waals surface area contributed by atoms with Crippen LogP contribution < -0.4 is 10.1 Å². The summed E-state index contributed by atoms with van der Waals surface area (Å²) in [5, 5.41) is 11.3. The van der Waals surface area contributed by atoms with Gasteiger partial charge in [0.25, 0.3) is 0 Å². The number of carbonyl (C=O) groups excluding carboxylic acids is 1. The van der Waals surface area contributed by atoms with Crippen molar-refractivity contribution in [1.82, 2.24) is 0 Å². The van der Waals surface area contributed by atoms with Gasteiger partial charge in [-0.3, -0.25) is 9.59 Å². The van der Waals surface area contributed by atoms with E-state index in [4.69, 9.17) is 9.84 Å². The van der Waals surface area contributed by atoms with Gasteiger partial charge < -0.3 is 15.2 Å². The van der Waals surface area contributed by atoms with Gasteiger partial charge in [0.1, 0.15) is 5.75 Å². The maximum absolute atomic E-state index is 11.7. The Kier molecular flexibility index (Phi) is 5.17. The lowest BCUT2D eigenvalue weighted by Crippen LogP contribution is -2.16. The zero-order valence-electron chi connectivity index (χ0n) is 10.5. The fourth-order valence-corrected chi connectivity index (χ4v) is 1.60. The lowest BCUT2D eigenvalue weighted by Gasteiger charge is -2.10. The number of carboxylic acids is 1. The number of amides is 1. The van der Waals surface area contributed by atoms with Crippen molar-refractivity contribution in [1.29, 1.82) is 0 Å². The largest absolute Gasteiger partial charge is 0.497 e. The number of carboxylic acid groups (broad SMARTS) is 1. The zero-order chi connectivity index (χ0) is 13.5. The Labute approximate surface area is 106 Å². The minimum absolute atomic E-state index is 0.00840. The van der Waals surface area contributed by atoms with Gasteiger partial charge in [0, 0.05) is 24.6 Å². The molecule has 1 amide bonds. The van der Waals surface area contributed by atoms with E-state index in [9.17, 15) is 9.59 Å². The zero-order valence-corrected chi connectivity index (χ0v) is 10.5. The molecule has 0 aromatic heterocycles. The second kappa shape index (κ2) is 6.64. The fourth-order valence-electron chi connectivity index (χ4n) is 1.60. The van der Waals surface area contributed by atoms with Gasteiger partial charge in [0.15, 0.2) is 0 Å². The number of carbonyl (C=O) groups is 2. The van der Waals surface area contributed by atoms with Crippen LogP contribution in [-0.4, -0.2) is 24.1 Å². The van der Waals surface area contributed by atoms with Crippen LogP contribution in [0.2, 0.25) is 0 Å². The van der Waals surface area contributed by atoms with E-state index in [0.29, 0.717) is 11.4 Å². The molecule has 0 spiro atoms. The molecule has 5 heteroatoms. The highest BCUT2D eigenvalue weighted by molar-refractivity contribution is 5.91. The Morgan fingerprint density at radius 3 is 2.72 bits per heavy atom. The molecule has 98 valence electrons. The Morgan fingerprint density at radius 1 is 1.39 bits per heavy atom. The quantitative estimate of drug-likeness (QED) is 0.812. The van der Waals surface area contributed by atoms with E-state index in [2.05, 4.69) is 5.32 Å². The summed E-state index contributed by atoms with van der Waals surface area (Å²) in [6.45, 7) is 1.74. The van der Waals surface area contributed by atoms with Crippen molar-refractivity contribution in [3.63, 3.8) is 0 Å². The van der Waals surface area contributed by atoms with Crippen LogP contribution in [0.1, 0.15) is 19.8 Å². The van der Waals surface area contributed by atoms with Crippen LogP contribution in [0, 0.1) is 5.92 Å². The maximum Gasteiger partial charge on any atom is 0.303 e. The molecule has 0 saturated heterocycles. The summed E-state index contributed by atoms with van der Waals surface area (Å²) >= 11 is 0. The minimum atomic E-state index is -0.892. The SMILES string of the molecule is COc1cccc(NC(=O)CC(C)CC(=O)O)c1. The Morgan fingerprint density at radius 2 is 2.11 bits per heavy atom. The van der Waals surface area contributed by atoms with Gasteiger partial charge in [-0.1, -0.05) is 13.0 Å². The Hall–Kier alpha value is -2.04. The highest BCUT2D eigenvalue weighted by Gasteiger charge is 2.12. The summed E-state index contributed by atoms with van der Waals surface area (Å²) in [5.74, 6) is -0.617.